The van der Waals surface area contributed by atoms with Crippen LogP contribution in [0.3, 0.4) is 0 Å². The van der Waals surface area contributed by atoms with Crippen molar-refractivity contribution >= 4 is 18.3 Å². The number of nitrogens with one attached hydrogen (secondary N) is 1. The summed E-state index contributed by atoms with van der Waals surface area (Å²) in [6, 6.07) is -0.431. The SMILES string of the molecule is CO[C@@H]1[C@H](OC)CN[C@H]1C(N)=O.Cl. The van der Waals surface area contributed by atoms with Gasteiger partial charge < -0.3 is 20.5 Å². The van der Waals surface area contributed by atoms with Crippen molar-refractivity contribution in [2.24, 2.45) is 5.73 Å². The Hall–Kier alpha value is -0.360. The fourth-order valence-electron chi connectivity index (χ4n) is 1.46. The molecule has 0 aromatic heterocycles. The molecule has 0 saturated carbocycles. The van der Waals surface area contributed by atoms with Gasteiger partial charge >= 0.3 is 0 Å². The molecule has 1 aliphatic rings. The number of amides is 1. The van der Waals surface area contributed by atoms with Gasteiger partial charge in [-0.05, 0) is 0 Å². The average Bonchev–Trinajstić information content (AvgIpc) is 2.46. The minimum atomic E-state index is -0.431. The van der Waals surface area contributed by atoms with E-state index in [9.17, 15) is 4.79 Å². The number of ether oxygens (including phenoxy) is 2. The summed E-state index contributed by atoms with van der Waals surface area (Å²) in [6.45, 7) is 0.600. The molecule has 0 bridgehead atoms. The Balaban J connectivity index is 0.00000144. The van der Waals surface area contributed by atoms with E-state index in [0.717, 1.165) is 0 Å². The third-order valence-electron chi connectivity index (χ3n) is 2.12. The Morgan fingerprint density at radius 3 is 2.46 bits per heavy atom. The van der Waals surface area contributed by atoms with E-state index in [4.69, 9.17) is 15.2 Å². The van der Waals surface area contributed by atoms with Gasteiger partial charge in [-0.15, -0.1) is 12.4 Å². The maximum Gasteiger partial charge on any atom is 0.237 e. The van der Waals surface area contributed by atoms with Crippen molar-refractivity contribution in [3.63, 3.8) is 0 Å². The molecule has 78 valence electrons. The van der Waals surface area contributed by atoms with Crippen molar-refractivity contribution in [1.82, 2.24) is 5.32 Å². The largest absolute Gasteiger partial charge is 0.377 e. The molecule has 6 heteroatoms. The molecular formula is C7H15ClN2O3. The summed E-state index contributed by atoms with van der Waals surface area (Å²) in [4.78, 5) is 10.9. The van der Waals surface area contributed by atoms with Crippen LogP contribution in [-0.2, 0) is 14.3 Å². The zero-order chi connectivity index (χ0) is 9.14. The second kappa shape index (κ2) is 5.39. The second-order valence-corrected chi connectivity index (χ2v) is 2.76. The fourth-order valence-corrected chi connectivity index (χ4v) is 1.46. The van der Waals surface area contributed by atoms with Crippen molar-refractivity contribution in [3.05, 3.63) is 0 Å². The lowest BCUT2D eigenvalue weighted by molar-refractivity contribution is -0.123. The van der Waals surface area contributed by atoms with Gasteiger partial charge in [0.1, 0.15) is 12.1 Å². The van der Waals surface area contributed by atoms with Crippen LogP contribution < -0.4 is 11.1 Å². The highest BCUT2D eigenvalue weighted by atomic mass is 35.5. The number of hydrogen-bond acceptors (Lipinski definition) is 4. The molecule has 0 unspecified atom stereocenters. The van der Waals surface area contributed by atoms with Gasteiger partial charge in [0, 0.05) is 20.8 Å². The van der Waals surface area contributed by atoms with Crippen LogP contribution in [0.1, 0.15) is 0 Å². The van der Waals surface area contributed by atoms with E-state index >= 15 is 0 Å². The van der Waals surface area contributed by atoms with E-state index in [1.165, 1.54) is 0 Å². The van der Waals surface area contributed by atoms with Gasteiger partial charge in [-0.25, -0.2) is 0 Å². The average molecular weight is 211 g/mol. The maximum absolute atomic E-state index is 10.9. The highest BCUT2D eigenvalue weighted by Gasteiger charge is 2.39. The van der Waals surface area contributed by atoms with Crippen molar-refractivity contribution in [2.45, 2.75) is 18.2 Å². The summed E-state index contributed by atoms with van der Waals surface area (Å²) in [7, 11) is 3.13. The molecule has 0 spiro atoms. The first-order valence-corrected chi connectivity index (χ1v) is 3.79. The molecule has 1 saturated heterocycles. The second-order valence-electron chi connectivity index (χ2n) is 2.76. The molecule has 0 aromatic carbocycles. The number of nitrogens with two attached hydrogens (primary N) is 1. The quantitative estimate of drug-likeness (QED) is 0.620. The van der Waals surface area contributed by atoms with E-state index in [2.05, 4.69) is 5.32 Å². The third kappa shape index (κ3) is 2.54. The molecule has 1 amide bonds. The van der Waals surface area contributed by atoms with Crippen LogP contribution in [0.2, 0.25) is 0 Å². The molecular weight excluding hydrogens is 196 g/mol. The molecule has 0 radical (unpaired) electrons. The predicted octanol–water partition coefficient (Wildman–Crippen LogP) is -1.10. The summed E-state index contributed by atoms with van der Waals surface area (Å²) in [5.41, 5.74) is 5.14. The molecule has 13 heavy (non-hydrogen) atoms. The lowest BCUT2D eigenvalue weighted by Gasteiger charge is -2.18. The molecule has 5 nitrogen and oxygen atoms in total. The van der Waals surface area contributed by atoms with Crippen LogP contribution in [0.15, 0.2) is 0 Å². The third-order valence-corrected chi connectivity index (χ3v) is 2.12. The Morgan fingerprint density at radius 2 is 2.08 bits per heavy atom. The van der Waals surface area contributed by atoms with Gasteiger partial charge in [-0.1, -0.05) is 0 Å². The Morgan fingerprint density at radius 1 is 1.46 bits per heavy atom. The number of hydrogen-bond donors (Lipinski definition) is 2. The van der Waals surface area contributed by atoms with E-state index in [0.29, 0.717) is 6.54 Å². The molecule has 0 aliphatic carbocycles. The van der Waals surface area contributed by atoms with Crippen LogP contribution in [-0.4, -0.2) is 44.9 Å². The minimum Gasteiger partial charge on any atom is -0.377 e. The highest BCUT2D eigenvalue weighted by molar-refractivity contribution is 5.85. The molecule has 1 heterocycles. The van der Waals surface area contributed by atoms with Gasteiger partial charge in [0.2, 0.25) is 5.91 Å². The first kappa shape index (κ1) is 12.6. The standard InChI is InChI=1S/C7H14N2O3.ClH/c1-11-4-3-9-5(7(8)10)6(4)12-2;/h4-6,9H,3H2,1-2H3,(H2,8,10);1H/t4-,5-,6-;/m1./s1. The van der Waals surface area contributed by atoms with Gasteiger partial charge in [0.25, 0.3) is 0 Å². The van der Waals surface area contributed by atoms with Gasteiger partial charge in [0.05, 0.1) is 6.10 Å². The van der Waals surface area contributed by atoms with E-state index in [1.54, 1.807) is 14.2 Å². The summed E-state index contributed by atoms with van der Waals surface area (Å²) in [5, 5.41) is 2.93. The van der Waals surface area contributed by atoms with Crippen molar-refractivity contribution < 1.29 is 14.3 Å². The van der Waals surface area contributed by atoms with Crippen LogP contribution >= 0.6 is 12.4 Å². The molecule has 1 rings (SSSR count). The van der Waals surface area contributed by atoms with Crippen molar-refractivity contribution in [2.75, 3.05) is 20.8 Å². The highest BCUT2D eigenvalue weighted by Crippen LogP contribution is 2.13. The number of methoxy groups -OCH3 is 2. The molecule has 1 fully saturated rings. The van der Waals surface area contributed by atoms with Crippen LogP contribution in [0.5, 0.6) is 0 Å². The number of rotatable bonds is 3. The number of primary amides is 1. The van der Waals surface area contributed by atoms with Crippen molar-refractivity contribution in [1.29, 1.82) is 0 Å². The molecule has 1 aliphatic heterocycles. The Kier molecular flexibility index (Phi) is 5.24. The summed E-state index contributed by atoms with van der Waals surface area (Å²) in [5.74, 6) is -0.401. The topological polar surface area (TPSA) is 73.6 Å². The van der Waals surface area contributed by atoms with Gasteiger partial charge in [-0.3, -0.25) is 4.79 Å². The maximum atomic E-state index is 10.9. The van der Waals surface area contributed by atoms with Crippen LogP contribution in [0, 0.1) is 0 Å². The minimum absolute atomic E-state index is 0. The van der Waals surface area contributed by atoms with Crippen LogP contribution in [0.4, 0.5) is 0 Å². The lowest BCUT2D eigenvalue weighted by atomic mass is 10.1. The first-order valence-electron chi connectivity index (χ1n) is 3.79. The van der Waals surface area contributed by atoms with Crippen LogP contribution in [0.25, 0.3) is 0 Å². The summed E-state index contributed by atoms with van der Waals surface area (Å²) < 4.78 is 10.2. The number of carbonyl (C=O) groups excluding carboxylic acids is 1. The smallest absolute Gasteiger partial charge is 0.237 e. The fraction of sp³-hybridized carbons (Fsp3) is 0.857. The van der Waals surface area contributed by atoms with Gasteiger partial charge in [-0.2, -0.15) is 0 Å². The zero-order valence-corrected chi connectivity index (χ0v) is 8.47. The number of halogens is 1. The molecule has 3 atom stereocenters. The van der Waals surface area contributed by atoms with Gasteiger partial charge in [0.15, 0.2) is 0 Å². The summed E-state index contributed by atoms with van der Waals surface area (Å²) in [6.07, 6.45) is -0.361. The Labute approximate surface area is 83.4 Å². The summed E-state index contributed by atoms with van der Waals surface area (Å²) >= 11 is 0. The Bertz CT molecular complexity index is 179. The number of carbonyl (C=O) groups is 1. The first-order chi connectivity index (χ1) is 5.70. The predicted molar refractivity (Wildman–Crippen MR) is 49.8 cm³/mol. The monoisotopic (exact) mass is 210 g/mol. The molecule has 3 N–H and O–H groups in total. The zero-order valence-electron chi connectivity index (χ0n) is 7.65. The molecule has 0 aromatic rings. The lowest BCUT2D eigenvalue weighted by Crippen LogP contribution is -2.45. The van der Waals surface area contributed by atoms with Crippen molar-refractivity contribution in [3.8, 4) is 0 Å². The van der Waals surface area contributed by atoms with E-state index in [-0.39, 0.29) is 24.6 Å². The van der Waals surface area contributed by atoms with E-state index < -0.39 is 11.9 Å². The van der Waals surface area contributed by atoms with E-state index in [1.807, 2.05) is 0 Å². The normalized spacial score (nSPS) is 32.6.